The molecule has 1 aliphatic rings. The molecular weight excluding hydrogens is 352 g/mol. The van der Waals surface area contributed by atoms with Crippen LogP contribution in [-0.2, 0) is 16.6 Å². The molecule has 1 N–H and O–H groups in total. The van der Waals surface area contributed by atoms with Gasteiger partial charge in [-0.15, -0.1) is 0 Å². The van der Waals surface area contributed by atoms with Crippen molar-refractivity contribution < 1.29 is 9.53 Å². The van der Waals surface area contributed by atoms with E-state index in [0.717, 1.165) is 39.3 Å². The zero-order valence-electron chi connectivity index (χ0n) is 14.9. The van der Waals surface area contributed by atoms with Crippen molar-refractivity contribution in [1.82, 2.24) is 19.8 Å². The second-order valence-electron chi connectivity index (χ2n) is 6.22. The van der Waals surface area contributed by atoms with Crippen LogP contribution >= 0.6 is 11.8 Å². The van der Waals surface area contributed by atoms with E-state index >= 15 is 0 Å². The van der Waals surface area contributed by atoms with Crippen molar-refractivity contribution in [2.45, 2.75) is 11.6 Å². The Balaban J connectivity index is 1.46. The van der Waals surface area contributed by atoms with Crippen LogP contribution in [0.25, 0.3) is 10.9 Å². The van der Waals surface area contributed by atoms with Gasteiger partial charge in [-0.05, 0) is 25.1 Å². The third-order valence-electron chi connectivity index (χ3n) is 4.35. The maximum absolute atomic E-state index is 12.4. The number of carbonyl (C=O) groups excluding carboxylic acids is 1. The van der Waals surface area contributed by atoms with Crippen LogP contribution in [0.1, 0.15) is 6.42 Å². The van der Waals surface area contributed by atoms with Gasteiger partial charge in [0.05, 0.1) is 29.9 Å². The number of nitrogens with zero attached hydrogens (tertiary/aromatic N) is 3. The fourth-order valence-electron chi connectivity index (χ4n) is 2.86. The summed E-state index contributed by atoms with van der Waals surface area (Å²) in [6, 6.07) is 7.25. The molecule has 2 heterocycles. The molecule has 0 unspecified atom stereocenters. The molecule has 8 heteroatoms. The van der Waals surface area contributed by atoms with Crippen molar-refractivity contribution in [3.05, 3.63) is 34.6 Å². The van der Waals surface area contributed by atoms with Crippen LogP contribution in [-0.4, -0.2) is 65.5 Å². The number of fused-ring (bicyclic) bond motifs is 1. The monoisotopic (exact) mass is 376 g/mol. The topological polar surface area (TPSA) is 76.5 Å². The maximum atomic E-state index is 12.4. The second kappa shape index (κ2) is 9.16. The second-order valence-corrected chi connectivity index (χ2v) is 7.16. The van der Waals surface area contributed by atoms with Gasteiger partial charge in [0.25, 0.3) is 5.56 Å². The third-order valence-corrected chi connectivity index (χ3v) is 5.38. The number of para-hydroxylation sites is 1. The van der Waals surface area contributed by atoms with E-state index in [0.29, 0.717) is 22.6 Å². The summed E-state index contributed by atoms with van der Waals surface area (Å²) in [5.74, 6) is 0.204. The average molecular weight is 376 g/mol. The number of morpholine rings is 1. The van der Waals surface area contributed by atoms with E-state index in [1.54, 1.807) is 13.1 Å². The summed E-state index contributed by atoms with van der Waals surface area (Å²) >= 11 is 1.28. The van der Waals surface area contributed by atoms with Crippen molar-refractivity contribution in [1.29, 1.82) is 0 Å². The minimum Gasteiger partial charge on any atom is -0.379 e. The number of amides is 1. The molecule has 140 valence electrons. The Hall–Kier alpha value is -1.90. The molecule has 1 aromatic carbocycles. The smallest absolute Gasteiger partial charge is 0.261 e. The molecule has 3 rings (SSSR count). The molecule has 1 amide bonds. The van der Waals surface area contributed by atoms with E-state index in [1.165, 1.54) is 16.3 Å². The Morgan fingerprint density at radius 3 is 2.88 bits per heavy atom. The molecule has 0 radical (unpaired) electrons. The molecule has 7 nitrogen and oxygen atoms in total. The Morgan fingerprint density at radius 2 is 2.08 bits per heavy atom. The molecule has 26 heavy (non-hydrogen) atoms. The molecule has 1 saturated heterocycles. The Morgan fingerprint density at radius 1 is 1.31 bits per heavy atom. The molecule has 1 aliphatic heterocycles. The number of hydrogen-bond donors (Lipinski definition) is 1. The number of benzene rings is 1. The van der Waals surface area contributed by atoms with Crippen molar-refractivity contribution >= 4 is 28.6 Å². The highest BCUT2D eigenvalue weighted by atomic mass is 32.2. The van der Waals surface area contributed by atoms with E-state index in [4.69, 9.17) is 4.74 Å². The normalized spacial score (nSPS) is 15.3. The fourth-order valence-corrected chi connectivity index (χ4v) is 3.66. The van der Waals surface area contributed by atoms with Gasteiger partial charge in [-0.2, -0.15) is 0 Å². The Labute approximate surface area is 156 Å². The van der Waals surface area contributed by atoms with E-state index in [1.807, 2.05) is 18.2 Å². The summed E-state index contributed by atoms with van der Waals surface area (Å²) in [5.41, 5.74) is 0.563. The number of aromatic nitrogens is 2. The summed E-state index contributed by atoms with van der Waals surface area (Å²) in [5, 5.41) is 4.07. The van der Waals surface area contributed by atoms with Crippen LogP contribution in [0.3, 0.4) is 0 Å². The number of ether oxygens (including phenoxy) is 1. The number of nitrogens with one attached hydrogen (secondary N) is 1. The summed E-state index contributed by atoms with van der Waals surface area (Å²) < 4.78 is 6.82. The quantitative estimate of drug-likeness (QED) is 0.439. The number of hydrogen-bond acceptors (Lipinski definition) is 6. The summed E-state index contributed by atoms with van der Waals surface area (Å²) in [6.45, 7) is 5.14. The lowest BCUT2D eigenvalue weighted by atomic mass is 10.2. The lowest BCUT2D eigenvalue weighted by Gasteiger charge is -2.26. The zero-order chi connectivity index (χ0) is 18.4. The van der Waals surface area contributed by atoms with Gasteiger partial charge >= 0.3 is 0 Å². The molecular formula is C18H24N4O3S. The van der Waals surface area contributed by atoms with Gasteiger partial charge in [0.15, 0.2) is 5.16 Å². The van der Waals surface area contributed by atoms with Gasteiger partial charge in [-0.1, -0.05) is 23.9 Å². The van der Waals surface area contributed by atoms with Gasteiger partial charge < -0.3 is 10.1 Å². The zero-order valence-corrected chi connectivity index (χ0v) is 15.8. The van der Waals surface area contributed by atoms with Gasteiger partial charge in [0.1, 0.15) is 0 Å². The standard InChI is InChI=1S/C18H24N4O3S/c1-21-17(24)14-5-2-3-6-15(14)20-18(21)26-13-16(23)19-7-4-8-22-9-11-25-12-10-22/h2-3,5-6H,4,7-13H2,1H3,(H,19,23). The van der Waals surface area contributed by atoms with E-state index < -0.39 is 0 Å². The molecule has 1 aromatic heterocycles. The van der Waals surface area contributed by atoms with Gasteiger partial charge in [0.2, 0.25) is 5.91 Å². The summed E-state index contributed by atoms with van der Waals surface area (Å²) in [7, 11) is 1.68. The van der Waals surface area contributed by atoms with Crippen molar-refractivity contribution in [2.75, 3.05) is 45.1 Å². The Kier molecular flexibility index (Phi) is 6.65. The van der Waals surface area contributed by atoms with E-state index in [-0.39, 0.29) is 17.2 Å². The number of carbonyl (C=O) groups is 1. The van der Waals surface area contributed by atoms with Crippen molar-refractivity contribution in [3.8, 4) is 0 Å². The first-order chi connectivity index (χ1) is 12.6. The minimum atomic E-state index is -0.0935. The maximum Gasteiger partial charge on any atom is 0.261 e. The van der Waals surface area contributed by atoms with Crippen LogP contribution in [0.15, 0.2) is 34.2 Å². The minimum absolute atomic E-state index is 0.0422. The van der Waals surface area contributed by atoms with Crippen LogP contribution < -0.4 is 10.9 Å². The van der Waals surface area contributed by atoms with Crippen LogP contribution in [0, 0.1) is 0 Å². The molecule has 1 fully saturated rings. The highest BCUT2D eigenvalue weighted by Gasteiger charge is 2.12. The molecule has 0 bridgehead atoms. The lowest BCUT2D eigenvalue weighted by Crippen LogP contribution is -2.38. The predicted octanol–water partition coefficient (Wildman–Crippen LogP) is 0.864. The number of thioether (sulfide) groups is 1. The van der Waals surface area contributed by atoms with Gasteiger partial charge in [-0.25, -0.2) is 4.98 Å². The van der Waals surface area contributed by atoms with Crippen LogP contribution in [0.4, 0.5) is 0 Å². The van der Waals surface area contributed by atoms with Gasteiger partial charge in [0, 0.05) is 26.7 Å². The SMILES string of the molecule is Cn1c(SCC(=O)NCCCN2CCOCC2)nc2ccccc2c1=O. The molecule has 0 atom stereocenters. The largest absolute Gasteiger partial charge is 0.379 e. The Bertz CT molecular complexity index is 818. The van der Waals surface area contributed by atoms with E-state index in [2.05, 4.69) is 15.2 Å². The lowest BCUT2D eigenvalue weighted by molar-refractivity contribution is -0.118. The third kappa shape index (κ3) is 4.84. The highest BCUT2D eigenvalue weighted by molar-refractivity contribution is 7.99. The first-order valence-corrected chi connectivity index (χ1v) is 9.79. The number of rotatable bonds is 7. The predicted molar refractivity (Wildman–Crippen MR) is 103 cm³/mol. The fraction of sp³-hybridized carbons (Fsp3) is 0.500. The summed E-state index contributed by atoms with van der Waals surface area (Å²) in [4.78, 5) is 31.2. The molecule has 2 aromatic rings. The van der Waals surface area contributed by atoms with Crippen LogP contribution in [0.2, 0.25) is 0 Å². The van der Waals surface area contributed by atoms with E-state index in [9.17, 15) is 9.59 Å². The molecule has 0 aliphatic carbocycles. The van der Waals surface area contributed by atoms with Crippen molar-refractivity contribution in [3.63, 3.8) is 0 Å². The highest BCUT2D eigenvalue weighted by Crippen LogP contribution is 2.16. The van der Waals surface area contributed by atoms with Gasteiger partial charge in [-0.3, -0.25) is 19.1 Å². The molecule has 0 saturated carbocycles. The first kappa shape index (κ1) is 18.9. The van der Waals surface area contributed by atoms with Crippen molar-refractivity contribution in [2.24, 2.45) is 7.05 Å². The average Bonchev–Trinajstić information content (AvgIpc) is 2.68. The van der Waals surface area contributed by atoms with Crippen LogP contribution in [0.5, 0.6) is 0 Å². The molecule has 0 spiro atoms. The first-order valence-electron chi connectivity index (χ1n) is 8.80. The summed E-state index contributed by atoms with van der Waals surface area (Å²) in [6.07, 6.45) is 0.920.